The van der Waals surface area contributed by atoms with Gasteiger partial charge in [0, 0.05) is 11.4 Å². The van der Waals surface area contributed by atoms with E-state index in [4.69, 9.17) is 4.74 Å². The molecule has 6 heteroatoms. The molecule has 0 spiro atoms. The van der Waals surface area contributed by atoms with E-state index < -0.39 is 12.1 Å². The fourth-order valence-electron chi connectivity index (χ4n) is 2.50. The highest BCUT2D eigenvalue weighted by Gasteiger charge is 2.35. The lowest BCUT2D eigenvalue weighted by atomic mass is 10.2. The molecule has 3 rings (SSSR count). The number of carbonyl (C=O) groups excluding carboxylic acids is 2. The van der Waals surface area contributed by atoms with Crippen molar-refractivity contribution in [3.05, 3.63) is 65.7 Å². The van der Waals surface area contributed by atoms with Crippen molar-refractivity contribution in [2.24, 2.45) is 0 Å². The molecule has 5 nitrogen and oxygen atoms in total. The van der Waals surface area contributed by atoms with E-state index >= 15 is 0 Å². The molecule has 0 bridgehead atoms. The van der Waals surface area contributed by atoms with Crippen molar-refractivity contribution in [2.45, 2.75) is 19.6 Å². The van der Waals surface area contributed by atoms with Gasteiger partial charge in [-0.15, -0.1) is 11.8 Å². The van der Waals surface area contributed by atoms with Gasteiger partial charge in [0.2, 0.25) is 5.91 Å². The van der Waals surface area contributed by atoms with Crippen LogP contribution < -0.4 is 5.32 Å². The Balaban J connectivity index is 1.58. The number of hydrogen-bond donors (Lipinski definition) is 1. The van der Waals surface area contributed by atoms with E-state index in [9.17, 15) is 9.59 Å². The van der Waals surface area contributed by atoms with Crippen LogP contribution in [0.5, 0.6) is 0 Å². The van der Waals surface area contributed by atoms with Gasteiger partial charge in [0.05, 0.1) is 5.88 Å². The Labute approximate surface area is 151 Å². The second-order valence-electron chi connectivity index (χ2n) is 5.88. The predicted octanol–water partition coefficient (Wildman–Crippen LogP) is 3.65. The second kappa shape index (κ2) is 8.07. The largest absolute Gasteiger partial charge is 0.445 e. The van der Waals surface area contributed by atoms with Gasteiger partial charge in [0.1, 0.15) is 12.6 Å². The van der Waals surface area contributed by atoms with Crippen molar-refractivity contribution in [3.63, 3.8) is 0 Å². The summed E-state index contributed by atoms with van der Waals surface area (Å²) in [6.07, 6.45) is -0.460. The number of ether oxygens (including phenoxy) is 1. The van der Waals surface area contributed by atoms with E-state index in [1.54, 1.807) is 11.8 Å². The SMILES string of the molecule is Cc1ccc(NC(=O)[C@H]2CSCN2C(=O)OCc2ccccc2)cc1. The molecule has 0 radical (unpaired) electrons. The maximum atomic E-state index is 12.5. The van der Waals surface area contributed by atoms with Crippen molar-refractivity contribution in [1.82, 2.24) is 4.90 Å². The van der Waals surface area contributed by atoms with E-state index in [-0.39, 0.29) is 12.5 Å². The zero-order valence-corrected chi connectivity index (χ0v) is 14.8. The van der Waals surface area contributed by atoms with Gasteiger partial charge in [-0.2, -0.15) is 0 Å². The number of nitrogens with one attached hydrogen (secondary N) is 1. The van der Waals surface area contributed by atoms with Gasteiger partial charge < -0.3 is 10.1 Å². The van der Waals surface area contributed by atoms with Crippen LogP contribution in [0.1, 0.15) is 11.1 Å². The summed E-state index contributed by atoms with van der Waals surface area (Å²) in [6.45, 7) is 2.19. The predicted molar refractivity (Wildman–Crippen MR) is 99.4 cm³/mol. The van der Waals surface area contributed by atoms with Crippen molar-refractivity contribution < 1.29 is 14.3 Å². The van der Waals surface area contributed by atoms with Crippen molar-refractivity contribution in [3.8, 4) is 0 Å². The van der Waals surface area contributed by atoms with Crippen LogP contribution in [0, 0.1) is 6.92 Å². The standard InChI is InChI=1S/C19H20N2O3S/c1-14-7-9-16(10-8-14)20-18(22)17-12-25-13-21(17)19(23)24-11-15-5-3-2-4-6-15/h2-10,17H,11-13H2,1H3,(H,20,22)/t17-/m1/s1. The van der Waals surface area contributed by atoms with Crippen LogP contribution in [0.15, 0.2) is 54.6 Å². The van der Waals surface area contributed by atoms with Crippen LogP contribution in [0.25, 0.3) is 0 Å². The summed E-state index contributed by atoms with van der Waals surface area (Å²) in [6, 6.07) is 16.6. The molecule has 0 unspecified atom stereocenters. The fourth-order valence-corrected chi connectivity index (χ4v) is 3.65. The summed E-state index contributed by atoms with van der Waals surface area (Å²) in [5, 5.41) is 2.87. The summed E-state index contributed by atoms with van der Waals surface area (Å²) < 4.78 is 5.35. The number of hydrogen-bond acceptors (Lipinski definition) is 4. The molecule has 2 amide bonds. The molecule has 0 aromatic heterocycles. The third kappa shape index (κ3) is 4.54. The molecule has 1 heterocycles. The van der Waals surface area contributed by atoms with Crippen LogP contribution in [0.2, 0.25) is 0 Å². The Morgan fingerprint density at radius 3 is 2.60 bits per heavy atom. The quantitative estimate of drug-likeness (QED) is 0.908. The Hall–Kier alpha value is -2.47. The Morgan fingerprint density at radius 2 is 1.88 bits per heavy atom. The van der Waals surface area contributed by atoms with Gasteiger partial charge in [0.15, 0.2) is 0 Å². The monoisotopic (exact) mass is 356 g/mol. The summed E-state index contributed by atoms with van der Waals surface area (Å²) in [5.74, 6) is 0.836. The van der Waals surface area contributed by atoms with E-state index in [1.165, 1.54) is 4.90 Å². The first-order valence-corrected chi connectivity index (χ1v) is 9.21. The minimum atomic E-state index is -0.519. The van der Waals surface area contributed by atoms with E-state index in [2.05, 4.69) is 5.32 Å². The third-order valence-corrected chi connectivity index (χ3v) is 4.96. The number of rotatable bonds is 4. The van der Waals surface area contributed by atoms with Crippen molar-refractivity contribution in [1.29, 1.82) is 0 Å². The molecule has 25 heavy (non-hydrogen) atoms. The highest BCUT2D eigenvalue weighted by Crippen LogP contribution is 2.23. The highest BCUT2D eigenvalue weighted by molar-refractivity contribution is 7.99. The first-order valence-electron chi connectivity index (χ1n) is 8.06. The molecular weight excluding hydrogens is 336 g/mol. The average Bonchev–Trinajstić information content (AvgIpc) is 3.12. The van der Waals surface area contributed by atoms with Crippen LogP contribution in [0.4, 0.5) is 10.5 Å². The molecule has 2 aromatic rings. The van der Waals surface area contributed by atoms with Crippen molar-refractivity contribution in [2.75, 3.05) is 16.9 Å². The van der Waals surface area contributed by atoms with Crippen LogP contribution in [0.3, 0.4) is 0 Å². The van der Waals surface area contributed by atoms with E-state index in [1.807, 2.05) is 61.5 Å². The highest BCUT2D eigenvalue weighted by atomic mass is 32.2. The third-order valence-electron chi connectivity index (χ3n) is 3.94. The average molecular weight is 356 g/mol. The van der Waals surface area contributed by atoms with Gasteiger partial charge in [-0.05, 0) is 24.6 Å². The lowest BCUT2D eigenvalue weighted by molar-refractivity contribution is -0.119. The fraction of sp³-hybridized carbons (Fsp3) is 0.263. The number of aryl methyl sites for hydroxylation is 1. The van der Waals surface area contributed by atoms with Gasteiger partial charge in [-0.3, -0.25) is 9.69 Å². The molecule has 1 saturated heterocycles. The molecular formula is C19H20N2O3S. The van der Waals surface area contributed by atoms with E-state index in [0.29, 0.717) is 11.6 Å². The van der Waals surface area contributed by atoms with Crippen LogP contribution in [-0.2, 0) is 16.1 Å². The number of nitrogens with zero attached hydrogens (tertiary/aromatic N) is 1. The van der Waals surface area contributed by atoms with Gasteiger partial charge in [-0.1, -0.05) is 48.0 Å². The Morgan fingerprint density at radius 1 is 1.16 bits per heavy atom. The topological polar surface area (TPSA) is 58.6 Å². The number of amides is 2. The zero-order chi connectivity index (χ0) is 17.6. The molecule has 1 aliphatic heterocycles. The smallest absolute Gasteiger partial charge is 0.411 e. The molecule has 130 valence electrons. The van der Waals surface area contributed by atoms with Crippen LogP contribution in [-0.4, -0.2) is 34.6 Å². The van der Waals surface area contributed by atoms with Crippen LogP contribution >= 0.6 is 11.8 Å². The molecule has 1 fully saturated rings. The lowest BCUT2D eigenvalue weighted by Crippen LogP contribution is -2.44. The van der Waals surface area contributed by atoms with Crippen molar-refractivity contribution >= 4 is 29.4 Å². The molecule has 0 saturated carbocycles. The lowest BCUT2D eigenvalue weighted by Gasteiger charge is -2.22. The normalized spacial score (nSPS) is 16.5. The summed E-state index contributed by atoms with van der Waals surface area (Å²) in [4.78, 5) is 26.3. The minimum absolute atomic E-state index is 0.189. The number of benzene rings is 2. The van der Waals surface area contributed by atoms with E-state index in [0.717, 1.165) is 16.8 Å². The minimum Gasteiger partial charge on any atom is -0.445 e. The summed E-state index contributed by atoms with van der Waals surface area (Å²) in [7, 11) is 0. The molecule has 1 aliphatic rings. The Bertz CT molecular complexity index is 734. The molecule has 0 aliphatic carbocycles. The maximum absolute atomic E-state index is 12.5. The van der Waals surface area contributed by atoms with Gasteiger partial charge in [-0.25, -0.2) is 4.79 Å². The molecule has 2 aromatic carbocycles. The van der Waals surface area contributed by atoms with Gasteiger partial charge in [0.25, 0.3) is 0 Å². The first-order chi connectivity index (χ1) is 12.1. The summed E-state index contributed by atoms with van der Waals surface area (Å²) >= 11 is 1.55. The number of carbonyl (C=O) groups is 2. The van der Waals surface area contributed by atoms with Gasteiger partial charge >= 0.3 is 6.09 Å². The number of thioether (sulfide) groups is 1. The Kier molecular flexibility index (Phi) is 5.60. The molecule has 1 atom stereocenters. The maximum Gasteiger partial charge on any atom is 0.411 e. The number of anilines is 1. The second-order valence-corrected chi connectivity index (χ2v) is 6.88. The molecule has 1 N–H and O–H groups in total. The zero-order valence-electron chi connectivity index (χ0n) is 14.0. The first kappa shape index (κ1) is 17.4. The summed E-state index contributed by atoms with van der Waals surface area (Å²) in [5.41, 5.74) is 2.77.